The number of benzene rings is 2. The fraction of sp³-hybridized carbons (Fsp3) is 0.130. The molecule has 0 radical (unpaired) electrons. The molecule has 0 aliphatic rings. The summed E-state index contributed by atoms with van der Waals surface area (Å²) < 4.78 is 1.58. The number of aliphatic hydroxyl groups is 2. The first-order chi connectivity index (χ1) is 14.8. The molecule has 0 bridgehead atoms. The highest BCUT2D eigenvalue weighted by Gasteiger charge is 2.25. The minimum absolute atomic E-state index is 0.147. The largest absolute Gasteiger partial charge is 0.502 e. The number of rotatable bonds is 6. The zero-order valence-corrected chi connectivity index (χ0v) is 17.9. The summed E-state index contributed by atoms with van der Waals surface area (Å²) in [6.07, 6.45) is 3.32. The average molecular weight is 437 g/mol. The summed E-state index contributed by atoms with van der Waals surface area (Å²) in [6, 6.07) is 14.9. The number of nitro benzene ring substituents is 1. The summed E-state index contributed by atoms with van der Waals surface area (Å²) in [5, 5.41) is 35.0. The number of hydrogen-bond donors (Lipinski definition) is 3. The highest BCUT2D eigenvalue weighted by atomic mass is 32.1. The van der Waals surface area contributed by atoms with Gasteiger partial charge in [-0.1, -0.05) is 36.5 Å². The molecule has 0 unspecified atom stereocenters. The lowest BCUT2D eigenvalue weighted by Crippen LogP contribution is -2.39. The van der Waals surface area contributed by atoms with Crippen molar-refractivity contribution in [3.63, 3.8) is 0 Å². The fourth-order valence-corrected chi connectivity index (χ4v) is 3.39. The van der Waals surface area contributed by atoms with E-state index in [4.69, 9.17) is 12.2 Å². The summed E-state index contributed by atoms with van der Waals surface area (Å²) >= 11 is 5.64. The SMILES string of the molecule is Cc1cccc(NC(=S)/C(=C(\O)c2cccc([N+](=O)[O-])c2)[n+]2cccc(CO)c2)c1C. The molecule has 31 heavy (non-hydrogen) atoms. The molecule has 1 heterocycles. The van der Waals surface area contributed by atoms with Gasteiger partial charge in [0.2, 0.25) is 0 Å². The maximum atomic E-state index is 11.2. The van der Waals surface area contributed by atoms with E-state index in [1.54, 1.807) is 35.2 Å². The molecule has 3 rings (SSSR count). The molecular formula is C23H22N3O4S+. The predicted molar refractivity (Wildman–Crippen MR) is 124 cm³/mol. The Bertz CT molecular complexity index is 1190. The van der Waals surface area contributed by atoms with Crippen molar-refractivity contribution in [3.05, 3.63) is 99.4 Å². The Morgan fingerprint density at radius 1 is 1.16 bits per heavy atom. The first kappa shape index (κ1) is 22.1. The van der Waals surface area contributed by atoms with E-state index in [1.807, 2.05) is 32.0 Å². The Hall–Kier alpha value is -3.62. The van der Waals surface area contributed by atoms with Gasteiger partial charge in [0.05, 0.1) is 11.5 Å². The molecule has 2 aromatic carbocycles. The highest BCUT2D eigenvalue weighted by molar-refractivity contribution is 7.81. The number of thiocarbonyl (C=S) groups is 1. The van der Waals surface area contributed by atoms with Crippen molar-refractivity contribution in [3.8, 4) is 0 Å². The number of nitrogens with one attached hydrogen (secondary N) is 1. The van der Waals surface area contributed by atoms with Gasteiger partial charge in [-0.3, -0.25) is 10.1 Å². The molecule has 158 valence electrons. The summed E-state index contributed by atoms with van der Waals surface area (Å²) in [4.78, 5) is 10.9. The van der Waals surface area contributed by atoms with Gasteiger partial charge in [0.15, 0.2) is 23.1 Å². The van der Waals surface area contributed by atoms with Gasteiger partial charge < -0.3 is 15.5 Å². The van der Waals surface area contributed by atoms with Crippen LogP contribution in [0.4, 0.5) is 11.4 Å². The van der Waals surface area contributed by atoms with Crippen LogP contribution < -0.4 is 9.88 Å². The van der Waals surface area contributed by atoms with Crippen LogP contribution >= 0.6 is 12.2 Å². The van der Waals surface area contributed by atoms with Gasteiger partial charge in [-0.2, -0.15) is 4.57 Å². The minimum Gasteiger partial charge on any atom is -0.502 e. The predicted octanol–water partition coefficient (Wildman–Crippen LogP) is 4.31. The molecule has 7 nitrogen and oxygen atoms in total. The molecule has 0 amide bonds. The van der Waals surface area contributed by atoms with Crippen LogP contribution in [0.2, 0.25) is 0 Å². The molecule has 0 saturated heterocycles. The third kappa shape index (κ3) is 4.93. The van der Waals surface area contributed by atoms with E-state index < -0.39 is 4.92 Å². The van der Waals surface area contributed by atoms with Crippen LogP contribution in [0, 0.1) is 24.0 Å². The van der Waals surface area contributed by atoms with Gasteiger partial charge >= 0.3 is 0 Å². The molecule has 3 aromatic rings. The zero-order valence-electron chi connectivity index (χ0n) is 17.1. The first-order valence-corrected chi connectivity index (χ1v) is 9.89. The van der Waals surface area contributed by atoms with Gasteiger partial charge in [-0.25, -0.2) is 0 Å². The van der Waals surface area contributed by atoms with E-state index >= 15 is 0 Å². The van der Waals surface area contributed by atoms with Crippen molar-refractivity contribution >= 4 is 40.0 Å². The third-order valence-corrected chi connectivity index (χ3v) is 5.22. The molecule has 1 aromatic heterocycles. The third-order valence-electron chi connectivity index (χ3n) is 4.93. The fourth-order valence-electron chi connectivity index (χ4n) is 3.08. The Balaban J connectivity index is 2.15. The molecular weight excluding hydrogens is 414 g/mol. The number of pyridine rings is 1. The Labute approximate surface area is 185 Å². The van der Waals surface area contributed by atoms with Crippen molar-refractivity contribution in [1.82, 2.24) is 0 Å². The van der Waals surface area contributed by atoms with Gasteiger partial charge in [0, 0.05) is 35.0 Å². The quantitative estimate of drug-likeness (QED) is 0.133. The van der Waals surface area contributed by atoms with E-state index in [0.29, 0.717) is 5.56 Å². The normalized spacial score (nSPS) is 11.6. The van der Waals surface area contributed by atoms with E-state index in [9.17, 15) is 20.3 Å². The molecule has 0 aliphatic carbocycles. The van der Waals surface area contributed by atoms with Gasteiger partial charge in [-0.15, -0.1) is 0 Å². The van der Waals surface area contributed by atoms with E-state index in [-0.39, 0.29) is 34.3 Å². The Morgan fingerprint density at radius 3 is 2.61 bits per heavy atom. The summed E-state index contributed by atoms with van der Waals surface area (Å²) in [7, 11) is 0. The average Bonchev–Trinajstić information content (AvgIpc) is 2.77. The van der Waals surface area contributed by atoms with Crippen molar-refractivity contribution in [1.29, 1.82) is 0 Å². The first-order valence-electron chi connectivity index (χ1n) is 9.49. The van der Waals surface area contributed by atoms with Crippen molar-refractivity contribution in [2.24, 2.45) is 0 Å². The molecule has 0 aliphatic heterocycles. The summed E-state index contributed by atoms with van der Waals surface area (Å²) in [6.45, 7) is 3.76. The lowest BCUT2D eigenvalue weighted by atomic mass is 10.1. The van der Waals surface area contributed by atoms with E-state index in [0.717, 1.165) is 16.8 Å². The number of anilines is 1. The highest BCUT2D eigenvalue weighted by Crippen LogP contribution is 2.24. The van der Waals surface area contributed by atoms with Crippen LogP contribution in [-0.4, -0.2) is 20.1 Å². The molecule has 0 fully saturated rings. The zero-order chi connectivity index (χ0) is 22.5. The summed E-state index contributed by atoms with van der Waals surface area (Å²) in [5.41, 5.74) is 3.81. The monoisotopic (exact) mass is 436 g/mol. The molecule has 0 spiro atoms. The van der Waals surface area contributed by atoms with Crippen LogP contribution in [0.15, 0.2) is 67.0 Å². The second-order valence-corrected chi connectivity index (χ2v) is 7.39. The lowest BCUT2D eigenvalue weighted by Gasteiger charge is -2.13. The van der Waals surface area contributed by atoms with Crippen LogP contribution in [0.5, 0.6) is 0 Å². The van der Waals surface area contributed by atoms with Crippen LogP contribution in [0.3, 0.4) is 0 Å². The lowest BCUT2D eigenvalue weighted by molar-refractivity contribution is -0.576. The number of hydrogen-bond acceptors (Lipinski definition) is 5. The Morgan fingerprint density at radius 2 is 1.90 bits per heavy atom. The Kier molecular flexibility index (Phi) is 6.74. The smallest absolute Gasteiger partial charge is 0.288 e. The van der Waals surface area contributed by atoms with Gasteiger partial charge in [0.25, 0.3) is 11.4 Å². The number of non-ortho nitro benzene ring substituents is 1. The number of nitro groups is 1. The topological polar surface area (TPSA) is 99.5 Å². The number of aryl methyl sites for hydroxylation is 1. The van der Waals surface area contributed by atoms with E-state index in [2.05, 4.69) is 5.32 Å². The van der Waals surface area contributed by atoms with Gasteiger partial charge in [-0.05, 0) is 37.1 Å². The minimum atomic E-state index is -0.525. The van der Waals surface area contributed by atoms with E-state index in [1.165, 1.54) is 18.2 Å². The second kappa shape index (κ2) is 9.46. The van der Waals surface area contributed by atoms with Gasteiger partial charge in [0.1, 0.15) is 0 Å². The van der Waals surface area contributed by atoms with Crippen molar-refractivity contribution < 1.29 is 19.7 Å². The second-order valence-electron chi connectivity index (χ2n) is 6.98. The molecule has 0 atom stereocenters. The van der Waals surface area contributed by atoms with Crippen LogP contribution in [-0.2, 0) is 6.61 Å². The molecule has 8 heteroatoms. The maximum absolute atomic E-state index is 11.2. The molecule has 3 N–H and O–H groups in total. The van der Waals surface area contributed by atoms with Crippen LogP contribution in [0.25, 0.3) is 11.5 Å². The summed E-state index contributed by atoms with van der Waals surface area (Å²) in [5.74, 6) is -0.230. The number of aliphatic hydroxyl groups excluding tert-OH is 2. The van der Waals surface area contributed by atoms with Crippen molar-refractivity contribution in [2.45, 2.75) is 20.5 Å². The standard InChI is InChI=1S/C23H21N3O4S/c1-15-6-3-10-20(16(15)2)24-23(31)21(25-11-5-7-17(13-25)14-27)22(28)18-8-4-9-19(12-18)26(29)30/h3-13,27H,14H2,1-2H3,(H-,24,28,31)/p+1. The maximum Gasteiger partial charge on any atom is 0.288 e. The number of aromatic nitrogens is 1. The molecule has 0 saturated carbocycles. The van der Waals surface area contributed by atoms with Crippen LogP contribution in [0.1, 0.15) is 22.3 Å². The number of nitrogens with zero attached hydrogens (tertiary/aromatic N) is 2. The van der Waals surface area contributed by atoms with Crippen molar-refractivity contribution in [2.75, 3.05) is 5.32 Å².